The fourth-order valence-corrected chi connectivity index (χ4v) is 3.52. The number of nitrogens with two attached hydrogens (primary N) is 1. The molecule has 1 nitrogen and oxygen atoms in total. The second-order valence-corrected chi connectivity index (χ2v) is 7.04. The minimum absolute atomic E-state index is 0.227. The highest BCUT2D eigenvalue weighted by atomic mass is 14.6. The van der Waals surface area contributed by atoms with Crippen molar-refractivity contribution in [2.24, 2.45) is 17.6 Å². The lowest BCUT2D eigenvalue weighted by atomic mass is 9.89. The van der Waals surface area contributed by atoms with E-state index in [0.29, 0.717) is 5.92 Å². The Morgan fingerprint density at radius 3 is 2.45 bits per heavy atom. The highest BCUT2D eigenvalue weighted by molar-refractivity contribution is 5.26. The highest BCUT2D eigenvalue weighted by Gasteiger charge is 2.17. The first kappa shape index (κ1) is 15.6. The van der Waals surface area contributed by atoms with Crippen molar-refractivity contribution in [2.75, 3.05) is 0 Å². The SMILES string of the molecule is CC(C)Cc1cccc(C(N)CC2CCCCCC2)c1. The van der Waals surface area contributed by atoms with E-state index >= 15 is 0 Å². The lowest BCUT2D eigenvalue weighted by Gasteiger charge is -2.20. The molecule has 0 radical (unpaired) electrons. The minimum Gasteiger partial charge on any atom is -0.324 e. The number of hydrogen-bond acceptors (Lipinski definition) is 1. The molecule has 1 aliphatic rings. The van der Waals surface area contributed by atoms with E-state index in [1.165, 1.54) is 56.1 Å². The lowest BCUT2D eigenvalue weighted by molar-refractivity contribution is 0.392. The molecule has 0 saturated heterocycles. The summed E-state index contributed by atoms with van der Waals surface area (Å²) in [6.07, 6.45) is 10.8. The molecule has 0 amide bonds. The molecule has 0 heterocycles. The Hall–Kier alpha value is -0.820. The fourth-order valence-electron chi connectivity index (χ4n) is 3.52. The summed E-state index contributed by atoms with van der Waals surface area (Å²) in [7, 11) is 0. The van der Waals surface area contributed by atoms with Gasteiger partial charge in [0.2, 0.25) is 0 Å². The molecular weight excluding hydrogens is 242 g/mol. The summed E-state index contributed by atoms with van der Waals surface area (Å²) in [6.45, 7) is 4.55. The van der Waals surface area contributed by atoms with Crippen LogP contribution in [0.5, 0.6) is 0 Å². The molecule has 1 unspecified atom stereocenters. The monoisotopic (exact) mass is 273 g/mol. The van der Waals surface area contributed by atoms with Crippen molar-refractivity contribution in [3.63, 3.8) is 0 Å². The van der Waals surface area contributed by atoms with E-state index < -0.39 is 0 Å². The van der Waals surface area contributed by atoms with Crippen LogP contribution in [-0.2, 0) is 6.42 Å². The van der Waals surface area contributed by atoms with Crippen molar-refractivity contribution < 1.29 is 0 Å². The van der Waals surface area contributed by atoms with Crippen LogP contribution in [-0.4, -0.2) is 0 Å². The van der Waals surface area contributed by atoms with Crippen LogP contribution >= 0.6 is 0 Å². The van der Waals surface area contributed by atoms with Crippen LogP contribution in [0.1, 0.15) is 76.0 Å². The van der Waals surface area contributed by atoms with Crippen LogP contribution in [0.25, 0.3) is 0 Å². The Kier molecular flexibility index (Phi) is 6.09. The summed E-state index contributed by atoms with van der Waals surface area (Å²) >= 11 is 0. The van der Waals surface area contributed by atoms with Crippen LogP contribution < -0.4 is 5.73 Å². The van der Waals surface area contributed by atoms with Crippen molar-refractivity contribution in [1.29, 1.82) is 0 Å². The van der Waals surface area contributed by atoms with Gasteiger partial charge in [-0.15, -0.1) is 0 Å². The molecule has 1 aliphatic carbocycles. The molecule has 0 aliphatic heterocycles. The third-order valence-corrected chi connectivity index (χ3v) is 4.59. The van der Waals surface area contributed by atoms with Crippen molar-refractivity contribution in [2.45, 2.75) is 71.3 Å². The molecule has 2 rings (SSSR count). The van der Waals surface area contributed by atoms with Gasteiger partial charge in [0.25, 0.3) is 0 Å². The highest BCUT2D eigenvalue weighted by Crippen LogP contribution is 2.30. The molecular formula is C19H31N. The predicted octanol–water partition coefficient (Wildman–Crippen LogP) is 5.25. The van der Waals surface area contributed by atoms with Crippen LogP contribution in [0.4, 0.5) is 0 Å². The Balaban J connectivity index is 1.95. The predicted molar refractivity (Wildman–Crippen MR) is 87.7 cm³/mol. The van der Waals surface area contributed by atoms with E-state index in [1.54, 1.807) is 0 Å². The van der Waals surface area contributed by atoms with Gasteiger partial charge in [0.15, 0.2) is 0 Å². The normalized spacial score (nSPS) is 19.0. The standard InChI is InChI=1S/C19H31N/c1-15(2)12-17-10-7-11-18(13-17)19(20)14-16-8-5-3-4-6-9-16/h7,10-11,13,15-16,19H,3-6,8-9,12,14,20H2,1-2H3. The topological polar surface area (TPSA) is 26.0 Å². The van der Waals surface area contributed by atoms with Crippen LogP contribution in [0, 0.1) is 11.8 Å². The minimum atomic E-state index is 0.227. The van der Waals surface area contributed by atoms with Gasteiger partial charge in [0, 0.05) is 6.04 Å². The molecule has 1 fully saturated rings. The molecule has 20 heavy (non-hydrogen) atoms. The second-order valence-electron chi connectivity index (χ2n) is 7.04. The first-order chi connectivity index (χ1) is 9.65. The van der Waals surface area contributed by atoms with Crippen molar-refractivity contribution in [3.05, 3.63) is 35.4 Å². The first-order valence-electron chi connectivity index (χ1n) is 8.49. The maximum absolute atomic E-state index is 6.48. The maximum atomic E-state index is 6.48. The molecule has 1 atom stereocenters. The Labute approximate surface area is 125 Å². The largest absolute Gasteiger partial charge is 0.324 e. The van der Waals surface area contributed by atoms with Gasteiger partial charge in [-0.05, 0) is 35.8 Å². The van der Waals surface area contributed by atoms with Crippen molar-refractivity contribution in [3.8, 4) is 0 Å². The Morgan fingerprint density at radius 2 is 1.80 bits per heavy atom. The smallest absolute Gasteiger partial charge is 0.0297 e. The third-order valence-electron chi connectivity index (χ3n) is 4.59. The third kappa shape index (κ3) is 4.94. The summed E-state index contributed by atoms with van der Waals surface area (Å²) in [5.41, 5.74) is 9.26. The van der Waals surface area contributed by atoms with E-state index in [9.17, 15) is 0 Å². The summed E-state index contributed by atoms with van der Waals surface area (Å²) in [5.74, 6) is 1.56. The van der Waals surface area contributed by atoms with E-state index in [-0.39, 0.29) is 6.04 Å². The molecule has 1 saturated carbocycles. The number of hydrogen-bond donors (Lipinski definition) is 1. The van der Waals surface area contributed by atoms with Gasteiger partial charge in [-0.2, -0.15) is 0 Å². The van der Waals surface area contributed by atoms with Crippen LogP contribution in [0.2, 0.25) is 0 Å². The van der Waals surface area contributed by atoms with Gasteiger partial charge in [-0.1, -0.05) is 76.6 Å². The average molecular weight is 273 g/mol. The summed E-state index contributed by atoms with van der Waals surface area (Å²) < 4.78 is 0. The molecule has 0 spiro atoms. The average Bonchev–Trinajstić information content (AvgIpc) is 2.67. The Morgan fingerprint density at radius 1 is 1.10 bits per heavy atom. The fraction of sp³-hybridized carbons (Fsp3) is 0.684. The summed E-state index contributed by atoms with van der Waals surface area (Å²) in [4.78, 5) is 0. The van der Waals surface area contributed by atoms with Gasteiger partial charge in [0.05, 0.1) is 0 Å². The number of benzene rings is 1. The molecule has 0 aromatic heterocycles. The van der Waals surface area contributed by atoms with Crippen LogP contribution in [0.15, 0.2) is 24.3 Å². The maximum Gasteiger partial charge on any atom is 0.0297 e. The van der Waals surface area contributed by atoms with E-state index in [0.717, 1.165) is 12.3 Å². The zero-order valence-electron chi connectivity index (χ0n) is 13.3. The van der Waals surface area contributed by atoms with E-state index in [2.05, 4.69) is 38.1 Å². The van der Waals surface area contributed by atoms with Gasteiger partial charge >= 0.3 is 0 Å². The van der Waals surface area contributed by atoms with Gasteiger partial charge in [0.1, 0.15) is 0 Å². The molecule has 2 N–H and O–H groups in total. The lowest BCUT2D eigenvalue weighted by Crippen LogP contribution is -2.15. The van der Waals surface area contributed by atoms with Gasteiger partial charge in [-0.25, -0.2) is 0 Å². The van der Waals surface area contributed by atoms with Crippen LogP contribution in [0.3, 0.4) is 0 Å². The molecule has 112 valence electrons. The first-order valence-corrected chi connectivity index (χ1v) is 8.49. The van der Waals surface area contributed by atoms with Gasteiger partial charge < -0.3 is 5.73 Å². The van der Waals surface area contributed by atoms with E-state index in [4.69, 9.17) is 5.73 Å². The molecule has 1 aromatic rings. The summed E-state index contributed by atoms with van der Waals surface area (Å²) in [5, 5.41) is 0. The zero-order valence-corrected chi connectivity index (χ0v) is 13.3. The van der Waals surface area contributed by atoms with Crippen molar-refractivity contribution >= 4 is 0 Å². The van der Waals surface area contributed by atoms with Crippen molar-refractivity contribution in [1.82, 2.24) is 0 Å². The zero-order chi connectivity index (χ0) is 14.4. The summed E-state index contributed by atoms with van der Waals surface area (Å²) in [6, 6.07) is 9.19. The quantitative estimate of drug-likeness (QED) is 0.729. The molecule has 1 aromatic carbocycles. The second kappa shape index (κ2) is 7.83. The Bertz CT molecular complexity index is 389. The van der Waals surface area contributed by atoms with Gasteiger partial charge in [-0.3, -0.25) is 0 Å². The van der Waals surface area contributed by atoms with E-state index in [1.807, 2.05) is 0 Å². The molecule has 1 heteroatoms. The molecule has 0 bridgehead atoms. The number of rotatable bonds is 5.